The molecule has 2 heterocycles. The van der Waals surface area contributed by atoms with E-state index in [0.29, 0.717) is 34.2 Å². The SMILES string of the molecule is CCc1nnsc1C(=O)Nc1ccc2oc(C(C)(C)C)nc2c1. The number of fused-ring (bicyclic) bond motifs is 1. The van der Waals surface area contributed by atoms with Crippen molar-refractivity contribution in [2.45, 2.75) is 39.5 Å². The summed E-state index contributed by atoms with van der Waals surface area (Å²) in [5.41, 5.74) is 2.66. The zero-order valence-electron chi connectivity index (χ0n) is 13.5. The normalized spacial score (nSPS) is 11.8. The maximum atomic E-state index is 12.3. The van der Waals surface area contributed by atoms with Crippen LogP contribution in [0.5, 0.6) is 0 Å². The van der Waals surface area contributed by atoms with Crippen molar-refractivity contribution >= 4 is 34.2 Å². The second kappa shape index (κ2) is 5.73. The zero-order chi connectivity index (χ0) is 16.6. The number of aromatic nitrogens is 3. The topological polar surface area (TPSA) is 80.9 Å². The summed E-state index contributed by atoms with van der Waals surface area (Å²) in [5.74, 6) is 0.478. The van der Waals surface area contributed by atoms with E-state index in [9.17, 15) is 4.79 Å². The fraction of sp³-hybridized carbons (Fsp3) is 0.375. The van der Waals surface area contributed by atoms with Crippen molar-refractivity contribution in [1.29, 1.82) is 0 Å². The molecular weight excluding hydrogens is 312 g/mol. The quantitative estimate of drug-likeness (QED) is 0.790. The van der Waals surface area contributed by atoms with Gasteiger partial charge in [0.05, 0.1) is 5.69 Å². The molecule has 0 aliphatic rings. The molecule has 1 N–H and O–H groups in total. The van der Waals surface area contributed by atoms with Gasteiger partial charge in [-0.3, -0.25) is 4.79 Å². The number of hydrogen-bond acceptors (Lipinski definition) is 6. The Bertz CT molecular complexity index is 860. The second-order valence-corrected chi connectivity index (χ2v) is 7.06. The molecule has 6 nitrogen and oxygen atoms in total. The summed E-state index contributed by atoms with van der Waals surface area (Å²) in [6.07, 6.45) is 0.677. The molecule has 0 saturated heterocycles. The molecule has 120 valence electrons. The molecule has 7 heteroatoms. The third-order valence-electron chi connectivity index (χ3n) is 3.38. The molecule has 0 spiro atoms. The highest BCUT2D eigenvalue weighted by molar-refractivity contribution is 7.08. The van der Waals surface area contributed by atoms with Crippen LogP contribution in [0.15, 0.2) is 22.6 Å². The summed E-state index contributed by atoms with van der Waals surface area (Å²) in [6, 6.07) is 5.43. The smallest absolute Gasteiger partial charge is 0.269 e. The van der Waals surface area contributed by atoms with Crippen LogP contribution >= 0.6 is 11.5 Å². The molecule has 0 aliphatic carbocycles. The summed E-state index contributed by atoms with van der Waals surface area (Å²) in [5, 5.41) is 6.83. The van der Waals surface area contributed by atoms with E-state index >= 15 is 0 Å². The minimum atomic E-state index is -0.198. The lowest BCUT2D eigenvalue weighted by Crippen LogP contribution is -2.12. The van der Waals surface area contributed by atoms with E-state index in [-0.39, 0.29) is 11.3 Å². The van der Waals surface area contributed by atoms with E-state index in [1.54, 1.807) is 6.07 Å². The number of benzene rings is 1. The Balaban J connectivity index is 1.87. The fourth-order valence-electron chi connectivity index (χ4n) is 2.13. The molecule has 0 bridgehead atoms. The predicted molar refractivity (Wildman–Crippen MR) is 89.9 cm³/mol. The largest absolute Gasteiger partial charge is 0.440 e. The van der Waals surface area contributed by atoms with E-state index in [1.165, 1.54) is 0 Å². The van der Waals surface area contributed by atoms with Crippen LogP contribution < -0.4 is 5.32 Å². The Morgan fingerprint density at radius 2 is 2.13 bits per heavy atom. The van der Waals surface area contributed by atoms with Crippen LogP contribution in [0.4, 0.5) is 5.69 Å². The van der Waals surface area contributed by atoms with Gasteiger partial charge < -0.3 is 9.73 Å². The monoisotopic (exact) mass is 330 g/mol. The summed E-state index contributed by atoms with van der Waals surface area (Å²) in [6.45, 7) is 8.08. The lowest BCUT2D eigenvalue weighted by Gasteiger charge is -2.11. The molecule has 1 amide bonds. The van der Waals surface area contributed by atoms with Crippen molar-refractivity contribution in [2.75, 3.05) is 5.32 Å². The van der Waals surface area contributed by atoms with Crippen molar-refractivity contribution in [1.82, 2.24) is 14.6 Å². The molecule has 0 atom stereocenters. The van der Waals surface area contributed by atoms with Crippen molar-refractivity contribution in [3.63, 3.8) is 0 Å². The Labute approximate surface area is 138 Å². The van der Waals surface area contributed by atoms with E-state index in [2.05, 4.69) is 19.9 Å². The van der Waals surface area contributed by atoms with Crippen molar-refractivity contribution in [2.24, 2.45) is 0 Å². The van der Waals surface area contributed by atoms with Crippen LogP contribution in [-0.4, -0.2) is 20.5 Å². The summed E-state index contributed by atoms with van der Waals surface area (Å²) in [7, 11) is 0. The van der Waals surface area contributed by atoms with E-state index in [1.807, 2.05) is 39.8 Å². The molecule has 0 radical (unpaired) electrons. The van der Waals surface area contributed by atoms with Crippen LogP contribution in [0, 0.1) is 0 Å². The molecule has 2 aromatic heterocycles. The first-order valence-corrected chi connectivity index (χ1v) is 8.19. The van der Waals surface area contributed by atoms with Gasteiger partial charge in [0.15, 0.2) is 5.58 Å². The number of amides is 1. The molecule has 0 unspecified atom stereocenters. The summed E-state index contributed by atoms with van der Waals surface area (Å²) >= 11 is 1.11. The van der Waals surface area contributed by atoms with Crippen LogP contribution in [0.2, 0.25) is 0 Å². The van der Waals surface area contributed by atoms with E-state index in [4.69, 9.17) is 4.42 Å². The average molecular weight is 330 g/mol. The van der Waals surface area contributed by atoms with Gasteiger partial charge in [-0.25, -0.2) is 4.98 Å². The molecule has 23 heavy (non-hydrogen) atoms. The highest BCUT2D eigenvalue weighted by atomic mass is 32.1. The molecule has 0 aliphatic heterocycles. The number of carbonyl (C=O) groups excluding carboxylic acids is 1. The number of nitrogens with zero attached hydrogens (tertiary/aromatic N) is 3. The van der Waals surface area contributed by atoms with Crippen molar-refractivity contribution < 1.29 is 9.21 Å². The van der Waals surface area contributed by atoms with Gasteiger partial charge in [-0.15, -0.1) is 5.10 Å². The lowest BCUT2D eigenvalue weighted by atomic mass is 9.97. The van der Waals surface area contributed by atoms with Crippen LogP contribution in [-0.2, 0) is 11.8 Å². The third-order valence-corrected chi connectivity index (χ3v) is 4.15. The molecule has 1 aromatic carbocycles. The number of hydrogen-bond donors (Lipinski definition) is 1. The van der Waals surface area contributed by atoms with Crippen molar-refractivity contribution in [3.05, 3.63) is 34.7 Å². The summed E-state index contributed by atoms with van der Waals surface area (Å²) in [4.78, 5) is 17.4. The van der Waals surface area contributed by atoms with Gasteiger partial charge in [-0.05, 0) is 36.2 Å². The van der Waals surface area contributed by atoms with Gasteiger partial charge in [0.1, 0.15) is 10.4 Å². The highest BCUT2D eigenvalue weighted by Gasteiger charge is 2.21. The molecule has 3 aromatic rings. The first-order valence-electron chi connectivity index (χ1n) is 7.42. The number of oxazole rings is 1. The van der Waals surface area contributed by atoms with E-state index < -0.39 is 0 Å². The molecular formula is C16H18N4O2S. The third kappa shape index (κ3) is 3.10. The maximum absolute atomic E-state index is 12.3. The minimum Gasteiger partial charge on any atom is -0.440 e. The van der Waals surface area contributed by atoms with E-state index in [0.717, 1.165) is 17.0 Å². The van der Waals surface area contributed by atoms with Gasteiger partial charge in [0, 0.05) is 11.1 Å². The second-order valence-electron chi connectivity index (χ2n) is 6.31. The minimum absolute atomic E-state index is 0.160. The van der Waals surface area contributed by atoms with Crippen LogP contribution in [0.25, 0.3) is 11.1 Å². The number of aryl methyl sites for hydroxylation is 1. The van der Waals surface area contributed by atoms with Crippen LogP contribution in [0.3, 0.4) is 0 Å². The zero-order valence-corrected chi connectivity index (χ0v) is 14.3. The number of anilines is 1. The standard InChI is InChI=1S/C16H18N4O2S/c1-5-10-13(23-20-19-10)14(21)17-9-6-7-12-11(8-9)18-15(22-12)16(2,3)4/h6-8H,5H2,1-4H3,(H,17,21). The van der Waals surface area contributed by atoms with Crippen molar-refractivity contribution in [3.8, 4) is 0 Å². The predicted octanol–water partition coefficient (Wildman–Crippen LogP) is 3.79. The number of rotatable bonds is 3. The Morgan fingerprint density at radius 3 is 2.83 bits per heavy atom. The van der Waals surface area contributed by atoms with Gasteiger partial charge in [0.2, 0.25) is 5.89 Å². The van der Waals surface area contributed by atoms with Gasteiger partial charge in [-0.1, -0.05) is 32.2 Å². The average Bonchev–Trinajstić information content (AvgIpc) is 3.12. The molecule has 3 rings (SSSR count). The lowest BCUT2D eigenvalue weighted by molar-refractivity contribution is 0.102. The Hall–Kier alpha value is -2.28. The first-order chi connectivity index (χ1) is 10.9. The maximum Gasteiger partial charge on any atom is 0.269 e. The molecule has 0 saturated carbocycles. The van der Waals surface area contributed by atoms with Gasteiger partial charge in [0.25, 0.3) is 5.91 Å². The van der Waals surface area contributed by atoms with Gasteiger partial charge >= 0.3 is 0 Å². The molecule has 0 fully saturated rings. The number of carbonyl (C=O) groups is 1. The van der Waals surface area contributed by atoms with Gasteiger partial charge in [-0.2, -0.15) is 0 Å². The Kier molecular flexibility index (Phi) is 3.89. The first kappa shape index (κ1) is 15.6. The Morgan fingerprint density at radius 1 is 1.35 bits per heavy atom. The highest BCUT2D eigenvalue weighted by Crippen LogP contribution is 2.27. The summed E-state index contributed by atoms with van der Waals surface area (Å²) < 4.78 is 9.60. The van der Waals surface area contributed by atoms with Crippen LogP contribution in [0.1, 0.15) is 49.0 Å². The fourth-order valence-corrected chi connectivity index (χ4v) is 2.77. The number of nitrogens with one attached hydrogen (secondary N) is 1.